The van der Waals surface area contributed by atoms with Crippen molar-refractivity contribution in [1.29, 1.82) is 0 Å². The molecule has 4 rings (SSSR count). The maximum atomic E-state index is 13.4. The highest BCUT2D eigenvalue weighted by Gasteiger charge is 2.23. The van der Waals surface area contributed by atoms with Gasteiger partial charge in [-0.3, -0.25) is 4.79 Å². The first-order valence-electron chi connectivity index (χ1n) is 11.0. The van der Waals surface area contributed by atoms with Crippen LogP contribution in [-0.2, 0) is 14.6 Å². The number of sulfone groups is 1. The smallest absolute Gasteiger partial charge is 0.252 e. The number of rotatable bonds is 6. The first-order chi connectivity index (χ1) is 16.3. The molecule has 176 valence electrons. The minimum Gasteiger partial charge on any atom is -0.344 e. The summed E-state index contributed by atoms with van der Waals surface area (Å²) in [5.41, 5.74) is 3.02. The quantitative estimate of drug-likeness (QED) is 0.569. The molecule has 1 aliphatic carbocycles. The second kappa shape index (κ2) is 9.72. The van der Waals surface area contributed by atoms with Gasteiger partial charge in [0.1, 0.15) is 5.82 Å². The minimum atomic E-state index is -3.47. The summed E-state index contributed by atoms with van der Waals surface area (Å²) >= 11 is 0. The zero-order chi connectivity index (χ0) is 24.3. The summed E-state index contributed by atoms with van der Waals surface area (Å²) in [6.07, 6.45) is 10.5. The number of halogens is 1. The van der Waals surface area contributed by atoms with E-state index in [1.807, 2.05) is 25.2 Å². The number of carbonyl (C=O) groups excluding carboxylic acids is 1. The normalized spacial score (nSPS) is 14.5. The first kappa shape index (κ1) is 23.6. The Kier molecular flexibility index (Phi) is 6.74. The lowest BCUT2D eigenvalue weighted by atomic mass is 9.99. The summed E-state index contributed by atoms with van der Waals surface area (Å²) < 4.78 is 38.9. The lowest BCUT2D eigenvalue weighted by Gasteiger charge is -2.19. The molecule has 0 saturated carbocycles. The third kappa shape index (κ3) is 4.99. The minimum absolute atomic E-state index is 0.0316. The molecule has 2 aromatic heterocycles. The van der Waals surface area contributed by atoms with E-state index in [9.17, 15) is 17.6 Å². The van der Waals surface area contributed by atoms with E-state index in [1.54, 1.807) is 35.1 Å². The van der Waals surface area contributed by atoms with Crippen LogP contribution in [0.1, 0.15) is 49.2 Å². The highest BCUT2D eigenvalue weighted by molar-refractivity contribution is 7.90. The van der Waals surface area contributed by atoms with E-state index in [0.717, 1.165) is 18.4 Å². The Balaban J connectivity index is 1.66. The number of pyridine rings is 1. The number of hydrogen-bond donors (Lipinski definition) is 1. The van der Waals surface area contributed by atoms with Crippen molar-refractivity contribution in [2.45, 2.75) is 37.3 Å². The molecular weight excluding hydrogens is 455 g/mol. The van der Waals surface area contributed by atoms with Gasteiger partial charge in [0.2, 0.25) is 0 Å². The van der Waals surface area contributed by atoms with Crippen LogP contribution < -0.4 is 5.32 Å². The SMILES string of the molecule is CCC(NC(=O)C1=CCCC=Cc2c1cnn2-c1ccc(F)cc1)c1cccc(S(C)(=O)=O)n1. The molecule has 1 aromatic carbocycles. The van der Waals surface area contributed by atoms with Crippen molar-refractivity contribution in [3.8, 4) is 5.69 Å². The van der Waals surface area contributed by atoms with Gasteiger partial charge in [0.25, 0.3) is 5.91 Å². The molecule has 34 heavy (non-hydrogen) atoms. The molecule has 1 unspecified atom stereocenters. The number of amides is 1. The third-order valence-corrected chi connectivity index (χ3v) is 6.55. The molecule has 0 bridgehead atoms. The predicted molar refractivity (Wildman–Crippen MR) is 128 cm³/mol. The van der Waals surface area contributed by atoms with Crippen LogP contribution in [0.3, 0.4) is 0 Å². The maximum absolute atomic E-state index is 13.4. The lowest BCUT2D eigenvalue weighted by molar-refractivity contribution is -0.116. The molecule has 9 heteroatoms. The number of aromatic nitrogens is 3. The molecule has 0 spiro atoms. The van der Waals surface area contributed by atoms with Gasteiger partial charge in [0.05, 0.1) is 29.3 Å². The summed E-state index contributed by atoms with van der Waals surface area (Å²) in [5, 5.41) is 7.42. The van der Waals surface area contributed by atoms with Crippen molar-refractivity contribution in [2.24, 2.45) is 0 Å². The zero-order valence-corrected chi connectivity index (χ0v) is 19.7. The van der Waals surface area contributed by atoms with E-state index in [0.29, 0.717) is 35.4 Å². The van der Waals surface area contributed by atoms with Gasteiger partial charge in [-0.2, -0.15) is 5.10 Å². The van der Waals surface area contributed by atoms with Crippen molar-refractivity contribution >= 4 is 27.4 Å². The van der Waals surface area contributed by atoms with Crippen LogP contribution in [-0.4, -0.2) is 35.3 Å². The predicted octanol–water partition coefficient (Wildman–Crippen LogP) is 4.27. The summed E-state index contributed by atoms with van der Waals surface area (Å²) in [7, 11) is -3.47. The number of fused-ring (bicyclic) bond motifs is 1. The van der Waals surface area contributed by atoms with Crippen molar-refractivity contribution < 1.29 is 17.6 Å². The topological polar surface area (TPSA) is 94.0 Å². The third-order valence-electron chi connectivity index (χ3n) is 5.57. The summed E-state index contributed by atoms with van der Waals surface area (Å²) in [6.45, 7) is 1.90. The van der Waals surface area contributed by atoms with Gasteiger partial charge in [-0.25, -0.2) is 22.5 Å². The van der Waals surface area contributed by atoms with Gasteiger partial charge in [-0.1, -0.05) is 25.1 Å². The second-order valence-corrected chi connectivity index (χ2v) is 10.00. The van der Waals surface area contributed by atoms with Crippen LogP contribution in [0.25, 0.3) is 17.3 Å². The number of nitrogens with one attached hydrogen (secondary N) is 1. The Morgan fingerprint density at radius 3 is 2.65 bits per heavy atom. The van der Waals surface area contributed by atoms with E-state index in [-0.39, 0.29) is 16.8 Å². The van der Waals surface area contributed by atoms with Gasteiger partial charge in [-0.05, 0) is 61.7 Å². The number of hydrogen-bond acceptors (Lipinski definition) is 5. The second-order valence-electron chi connectivity index (χ2n) is 8.04. The van der Waals surface area contributed by atoms with Crippen molar-refractivity contribution in [2.75, 3.05) is 6.26 Å². The monoisotopic (exact) mass is 480 g/mol. The number of allylic oxidation sites excluding steroid dienone is 2. The standard InChI is InChI=1S/C25H25FN4O3S/c1-3-21(22-9-7-11-24(28-22)34(2,32)33)29-25(31)19-8-5-4-6-10-23-20(19)16-27-30(23)18-14-12-17(26)13-15-18/h6-16,21H,3-5H2,1-2H3,(H,29,31). The van der Waals surface area contributed by atoms with Crippen molar-refractivity contribution in [3.63, 3.8) is 0 Å². The highest BCUT2D eigenvalue weighted by Crippen LogP contribution is 2.28. The molecule has 0 aliphatic heterocycles. The largest absolute Gasteiger partial charge is 0.344 e. The fourth-order valence-electron chi connectivity index (χ4n) is 3.81. The van der Waals surface area contributed by atoms with Gasteiger partial charge in [-0.15, -0.1) is 0 Å². The molecule has 1 amide bonds. The Morgan fingerprint density at radius 1 is 1.18 bits per heavy atom. The molecule has 1 aliphatic rings. The fraction of sp³-hybridized carbons (Fsp3) is 0.240. The number of benzene rings is 1. The first-order valence-corrected chi connectivity index (χ1v) is 12.9. The summed E-state index contributed by atoms with van der Waals surface area (Å²) in [5.74, 6) is -0.637. The average molecular weight is 481 g/mol. The summed E-state index contributed by atoms with van der Waals surface area (Å²) in [4.78, 5) is 17.7. The molecule has 1 atom stereocenters. The van der Waals surface area contributed by atoms with Gasteiger partial charge < -0.3 is 5.32 Å². The molecule has 3 aromatic rings. The van der Waals surface area contributed by atoms with Gasteiger partial charge in [0.15, 0.2) is 14.9 Å². The highest BCUT2D eigenvalue weighted by atomic mass is 32.2. The van der Waals surface area contributed by atoms with E-state index < -0.39 is 15.9 Å². The van der Waals surface area contributed by atoms with Crippen molar-refractivity contribution in [1.82, 2.24) is 20.1 Å². The maximum Gasteiger partial charge on any atom is 0.252 e. The van der Waals surface area contributed by atoms with Gasteiger partial charge in [0, 0.05) is 17.4 Å². The van der Waals surface area contributed by atoms with Crippen molar-refractivity contribution in [3.05, 3.63) is 83.6 Å². The van der Waals surface area contributed by atoms with Crippen LogP contribution in [0.2, 0.25) is 0 Å². The van der Waals surface area contributed by atoms with Gasteiger partial charge >= 0.3 is 0 Å². The van der Waals surface area contributed by atoms with Crippen LogP contribution in [0.4, 0.5) is 4.39 Å². The van der Waals surface area contributed by atoms with E-state index in [2.05, 4.69) is 15.4 Å². The fourth-order valence-corrected chi connectivity index (χ4v) is 4.41. The number of carbonyl (C=O) groups is 1. The van der Waals surface area contributed by atoms with Crippen LogP contribution in [0, 0.1) is 5.82 Å². The summed E-state index contributed by atoms with van der Waals surface area (Å²) in [6, 6.07) is 10.3. The van der Waals surface area contributed by atoms with Crippen LogP contribution >= 0.6 is 0 Å². The Morgan fingerprint density at radius 2 is 1.94 bits per heavy atom. The van der Waals surface area contributed by atoms with E-state index in [4.69, 9.17) is 0 Å². The molecule has 1 N–H and O–H groups in total. The molecule has 7 nitrogen and oxygen atoms in total. The Labute approximate surface area is 198 Å². The van der Waals surface area contributed by atoms with Crippen LogP contribution in [0.5, 0.6) is 0 Å². The van der Waals surface area contributed by atoms with E-state index in [1.165, 1.54) is 18.2 Å². The molecular formula is C25H25FN4O3S. The van der Waals surface area contributed by atoms with E-state index >= 15 is 0 Å². The van der Waals surface area contributed by atoms with Crippen LogP contribution in [0.15, 0.2) is 65.8 Å². The molecule has 0 saturated heterocycles. The zero-order valence-electron chi connectivity index (χ0n) is 18.9. The average Bonchev–Trinajstić information content (AvgIpc) is 3.20. The number of nitrogens with zero attached hydrogens (tertiary/aromatic N) is 3. The molecule has 2 heterocycles. The molecule has 0 fully saturated rings. The lowest BCUT2D eigenvalue weighted by Crippen LogP contribution is -2.30. The molecule has 0 radical (unpaired) electrons. The Hall–Kier alpha value is -3.59. The Bertz CT molecular complexity index is 1380.